The molecule has 16 aromatic carbocycles. The van der Waals surface area contributed by atoms with Crippen molar-refractivity contribution in [3.05, 3.63) is 279 Å². The van der Waals surface area contributed by atoms with Crippen LogP contribution in [0.15, 0.2) is 273 Å². The number of rotatable bonds is 3. The fourth-order valence-corrected chi connectivity index (χ4v) is 15.8. The van der Waals surface area contributed by atoms with Gasteiger partial charge in [-0.25, -0.2) is 0 Å². The molecule has 0 amide bonds. The van der Waals surface area contributed by atoms with Crippen LogP contribution in [-0.2, 0) is 5.41 Å². The molecule has 86 heavy (non-hydrogen) atoms. The number of aromatic nitrogens is 1. The molecular formula is C82H54BN3. The van der Waals surface area contributed by atoms with E-state index < -0.39 is 0 Å². The zero-order valence-corrected chi connectivity index (χ0v) is 47.9. The van der Waals surface area contributed by atoms with Gasteiger partial charge in [-0.05, 0) is 191 Å². The van der Waals surface area contributed by atoms with Gasteiger partial charge in [0.15, 0.2) is 0 Å². The molecule has 19 rings (SSSR count). The highest BCUT2D eigenvalue weighted by Gasteiger charge is 2.45. The van der Waals surface area contributed by atoms with Gasteiger partial charge in [0, 0.05) is 50.6 Å². The van der Waals surface area contributed by atoms with Crippen LogP contribution in [-0.4, -0.2) is 11.3 Å². The molecule has 0 unspecified atom stereocenters. The van der Waals surface area contributed by atoms with Gasteiger partial charge in [0.25, 0.3) is 6.71 Å². The first-order valence-corrected chi connectivity index (χ1v) is 30.3. The lowest BCUT2D eigenvalue weighted by Crippen LogP contribution is -2.61. The van der Waals surface area contributed by atoms with E-state index in [1.165, 1.54) is 163 Å². The summed E-state index contributed by atoms with van der Waals surface area (Å²) >= 11 is 0. The van der Waals surface area contributed by atoms with Gasteiger partial charge in [-0.3, -0.25) is 0 Å². The minimum Gasteiger partial charge on any atom is -0.311 e. The van der Waals surface area contributed by atoms with E-state index in [0.717, 1.165) is 17.1 Å². The second-order valence-corrected chi connectivity index (χ2v) is 25.1. The van der Waals surface area contributed by atoms with E-state index >= 15 is 0 Å². The van der Waals surface area contributed by atoms with E-state index in [2.05, 4.69) is 308 Å². The Hall–Kier alpha value is -10.7. The van der Waals surface area contributed by atoms with Crippen molar-refractivity contribution in [3.8, 4) is 5.69 Å². The fraction of sp³-hybridized carbons (Fsp3) is 0.0488. The topological polar surface area (TPSA) is 11.4 Å². The van der Waals surface area contributed by atoms with Crippen LogP contribution in [0.1, 0.15) is 26.3 Å². The van der Waals surface area contributed by atoms with Crippen molar-refractivity contribution in [1.82, 2.24) is 4.57 Å². The lowest BCUT2D eigenvalue weighted by molar-refractivity contribution is 0.590. The Morgan fingerprint density at radius 1 is 0.244 bits per heavy atom. The third kappa shape index (κ3) is 6.53. The van der Waals surface area contributed by atoms with Gasteiger partial charge in [0.05, 0.1) is 11.0 Å². The molecule has 0 radical (unpaired) electrons. The first-order chi connectivity index (χ1) is 42.3. The molecule has 0 aliphatic carbocycles. The summed E-state index contributed by atoms with van der Waals surface area (Å²) in [6, 6.07) is 104. The first-order valence-electron chi connectivity index (χ1n) is 30.3. The summed E-state index contributed by atoms with van der Waals surface area (Å²) in [5.74, 6) is 0. The van der Waals surface area contributed by atoms with Crippen LogP contribution < -0.4 is 26.2 Å². The average molecular weight is 1090 g/mol. The maximum Gasteiger partial charge on any atom is 0.252 e. The standard InChI is InChI=1S/C82H54BN3/c1-82(2,3)49-42-79-81-80(43-49)86(51-37-40-66-60-27-7-5-21-54(60)56-23-9-13-29-62(56)70(66)45-51)78-48-72-64-31-15-11-25-58(64)57-24-10-14-30-63(57)71(72)47-74(78)83(81)73-41-38-52(84-75-34-18-16-32-67(75)68-33-17-19-35-76(68)84)46-77(73)85(79)50-36-39-65-59-26-6-4-20-53(59)55-22-8-12-28-61(55)69(65)44-50/h4-48H,1-3H3. The molecule has 1 aromatic heterocycles. The normalized spacial score (nSPS) is 13.2. The molecule has 3 nitrogen and oxygen atoms in total. The highest BCUT2D eigenvalue weighted by atomic mass is 15.2. The Morgan fingerprint density at radius 2 is 0.558 bits per heavy atom. The smallest absolute Gasteiger partial charge is 0.252 e. The van der Waals surface area contributed by atoms with Crippen LogP contribution in [0.5, 0.6) is 0 Å². The lowest BCUT2D eigenvalue weighted by Gasteiger charge is -2.45. The Labute approximate surface area is 497 Å². The number of fused-ring (bicyclic) bond motifs is 25. The summed E-state index contributed by atoms with van der Waals surface area (Å²) in [6.07, 6.45) is 0. The van der Waals surface area contributed by atoms with Crippen LogP contribution in [0.25, 0.3) is 124 Å². The van der Waals surface area contributed by atoms with Crippen molar-refractivity contribution in [2.45, 2.75) is 26.2 Å². The minimum atomic E-state index is -0.223. The summed E-state index contributed by atoms with van der Waals surface area (Å²) in [4.78, 5) is 5.30. The van der Waals surface area contributed by atoms with E-state index in [9.17, 15) is 0 Å². The molecule has 2 aliphatic heterocycles. The Balaban J connectivity index is 0.972. The highest BCUT2D eigenvalue weighted by Crippen LogP contribution is 2.51. The van der Waals surface area contributed by atoms with Crippen molar-refractivity contribution in [2.24, 2.45) is 0 Å². The van der Waals surface area contributed by atoms with Crippen LogP contribution in [0, 0.1) is 0 Å². The Morgan fingerprint density at radius 3 is 0.953 bits per heavy atom. The van der Waals surface area contributed by atoms with Gasteiger partial charge in [0.1, 0.15) is 0 Å². The van der Waals surface area contributed by atoms with Gasteiger partial charge in [-0.2, -0.15) is 0 Å². The number of hydrogen-bond acceptors (Lipinski definition) is 2. The van der Waals surface area contributed by atoms with Crippen molar-refractivity contribution < 1.29 is 0 Å². The van der Waals surface area contributed by atoms with Crippen molar-refractivity contribution in [3.63, 3.8) is 0 Å². The molecule has 0 atom stereocenters. The molecular weight excluding hydrogens is 1040 g/mol. The first kappa shape index (κ1) is 47.8. The predicted octanol–water partition coefficient (Wildman–Crippen LogP) is 20.5. The number of benzene rings is 16. The Kier molecular flexibility index (Phi) is 9.69. The third-order valence-electron chi connectivity index (χ3n) is 19.6. The van der Waals surface area contributed by atoms with Crippen molar-refractivity contribution in [2.75, 3.05) is 9.80 Å². The van der Waals surface area contributed by atoms with Crippen LogP contribution >= 0.6 is 0 Å². The predicted molar refractivity (Wildman–Crippen MR) is 371 cm³/mol. The summed E-state index contributed by atoms with van der Waals surface area (Å²) in [5.41, 5.74) is 15.5. The molecule has 0 N–H and O–H groups in total. The quantitative estimate of drug-likeness (QED) is 0.129. The molecule has 4 heteroatoms. The maximum absolute atomic E-state index is 2.66. The van der Waals surface area contributed by atoms with Crippen molar-refractivity contribution >= 4 is 176 Å². The number of anilines is 6. The van der Waals surface area contributed by atoms with Gasteiger partial charge >= 0.3 is 0 Å². The fourth-order valence-electron chi connectivity index (χ4n) is 15.8. The van der Waals surface area contributed by atoms with Gasteiger partial charge in [0.2, 0.25) is 0 Å². The molecule has 0 bridgehead atoms. The van der Waals surface area contributed by atoms with E-state index in [1.807, 2.05) is 0 Å². The van der Waals surface area contributed by atoms with E-state index in [0.29, 0.717) is 0 Å². The SMILES string of the molecule is CC(C)(C)c1cc2c3c(c1)N(c1ccc4c5ccccc5c5ccccc5c4c1)c1cc4c5ccccc5c5ccccc5c4cc1B3c1ccc(-n3c4ccccc4c4ccccc43)cc1N2c1ccc2c3ccccc3c3ccccc3c2c1. The van der Waals surface area contributed by atoms with Crippen LogP contribution in [0.3, 0.4) is 0 Å². The van der Waals surface area contributed by atoms with E-state index in [4.69, 9.17) is 0 Å². The van der Waals surface area contributed by atoms with E-state index in [1.54, 1.807) is 0 Å². The minimum absolute atomic E-state index is 0.135. The zero-order chi connectivity index (χ0) is 56.7. The largest absolute Gasteiger partial charge is 0.311 e. The molecule has 3 heterocycles. The molecule has 0 saturated carbocycles. The van der Waals surface area contributed by atoms with Crippen molar-refractivity contribution in [1.29, 1.82) is 0 Å². The summed E-state index contributed by atoms with van der Waals surface area (Å²) in [6.45, 7) is 7.01. The second kappa shape index (κ2) is 17.5. The third-order valence-corrected chi connectivity index (χ3v) is 19.6. The summed E-state index contributed by atoms with van der Waals surface area (Å²) < 4.78 is 2.49. The Bertz CT molecular complexity index is 5740. The maximum atomic E-state index is 2.66. The average Bonchev–Trinajstić information content (AvgIpc) is 0.836. The highest BCUT2D eigenvalue weighted by molar-refractivity contribution is 7.00. The van der Waals surface area contributed by atoms with Gasteiger partial charge in [-0.15, -0.1) is 0 Å². The number of nitrogens with zero attached hydrogens (tertiary/aromatic N) is 3. The van der Waals surface area contributed by atoms with Crippen LogP contribution in [0.2, 0.25) is 0 Å². The molecule has 0 spiro atoms. The number of para-hydroxylation sites is 2. The van der Waals surface area contributed by atoms with Crippen LogP contribution in [0.4, 0.5) is 34.1 Å². The molecule has 2 aliphatic rings. The van der Waals surface area contributed by atoms with E-state index in [-0.39, 0.29) is 12.1 Å². The van der Waals surface area contributed by atoms with Gasteiger partial charge < -0.3 is 14.4 Å². The monoisotopic (exact) mass is 1090 g/mol. The number of hydrogen-bond donors (Lipinski definition) is 0. The summed E-state index contributed by atoms with van der Waals surface area (Å²) in [5, 5.41) is 25.3. The molecule has 400 valence electrons. The molecule has 0 fully saturated rings. The lowest BCUT2D eigenvalue weighted by atomic mass is 9.33. The summed E-state index contributed by atoms with van der Waals surface area (Å²) in [7, 11) is 0. The van der Waals surface area contributed by atoms with Gasteiger partial charge in [-0.1, -0.05) is 227 Å². The second-order valence-electron chi connectivity index (χ2n) is 25.1. The zero-order valence-electron chi connectivity index (χ0n) is 47.9. The molecule has 17 aromatic rings. The molecule has 0 saturated heterocycles.